The molecule has 0 saturated heterocycles. The van der Waals surface area contributed by atoms with E-state index in [2.05, 4.69) is 5.32 Å². The van der Waals surface area contributed by atoms with Gasteiger partial charge in [0.15, 0.2) is 14.8 Å². The molecule has 40 heavy (non-hydrogen) atoms. The van der Waals surface area contributed by atoms with E-state index in [-0.39, 0.29) is 17.2 Å². The first-order valence-corrected chi connectivity index (χ1v) is 14.5. The van der Waals surface area contributed by atoms with Crippen molar-refractivity contribution in [1.29, 1.82) is 0 Å². The summed E-state index contributed by atoms with van der Waals surface area (Å²) in [6.07, 6.45) is 0. The molecule has 1 amide bonds. The van der Waals surface area contributed by atoms with Crippen molar-refractivity contribution in [2.75, 3.05) is 25.3 Å². The average Bonchev–Trinajstić information content (AvgIpc) is 3.30. The monoisotopic (exact) mass is 590 g/mol. The number of nitrogens with zero attached hydrogens (tertiary/aromatic N) is 3. The number of benzene rings is 3. The lowest BCUT2D eigenvalue weighted by molar-refractivity contribution is -0.113. The van der Waals surface area contributed by atoms with Crippen molar-refractivity contribution in [3.63, 3.8) is 0 Å². The summed E-state index contributed by atoms with van der Waals surface area (Å²) in [5.74, 6) is 0.819. The molecule has 2 heterocycles. The molecule has 204 valence electrons. The zero-order chi connectivity index (χ0) is 28.4. The number of hydrogen-bond donors (Lipinski definition) is 1. The topological polar surface area (TPSA) is 87.4 Å². The molecule has 8 nitrogen and oxygen atoms in total. The van der Waals surface area contributed by atoms with E-state index in [9.17, 15) is 9.59 Å². The fourth-order valence-corrected chi connectivity index (χ4v) is 6.26. The summed E-state index contributed by atoms with van der Waals surface area (Å²) in [5.41, 5.74) is 4.49. The maximum Gasteiger partial charge on any atom is 0.278 e. The molecule has 0 spiro atoms. The Bertz CT molecular complexity index is 1840. The van der Waals surface area contributed by atoms with Crippen LogP contribution in [0.3, 0.4) is 0 Å². The summed E-state index contributed by atoms with van der Waals surface area (Å²) in [7, 11) is 3.09. The minimum absolute atomic E-state index is 0.00841. The summed E-state index contributed by atoms with van der Waals surface area (Å²) in [6, 6.07) is 20.4. The number of aromatic nitrogens is 3. The van der Waals surface area contributed by atoms with Gasteiger partial charge in [0.2, 0.25) is 5.91 Å². The van der Waals surface area contributed by atoms with E-state index >= 15 is 0 Å². The number of aryl methyl sites for hydroxylation is 2. The molecule has 5 rings (SSSR count). The number of methoxy groups -OCH3 is 2. The van der Waals surface area contributed by atoms with Gasteiger partial charge in [0, 0.05) is 11.8 Å². The van der Waals surface area contributed by atoms with Crippen LogP contribution in [0.25, 0.3) is 21.7 Å². The Labute approximate surface area is 244 Å². The molecular formula is C29H26N4O4S3. The van der Waals surface area contributed by atoms with Gasteiger partial charge in [-0.15, -0.1) is 0 Å². The SMILES string of the molecule is COc1ccc(NC(=O)CSc2nc3c(sc(=S)n3-c3ccc(C)c(C)c3)c(=O)n2-c2ccccc2)c(OC)c1. The molecule has 5 aromatic rings. The fraction of sp³-hybridized carbons (Fsp3) is 0.172. The Balaban J connectivity index is 1.56. The number of nitrogens with one attached hydrogen (secondary N) is 1. The lowest BCUT2D eigenvalue weighted by Gasteiger charge is -2.14. The smallest absolute Gasteiger partial charge is 0.278 e. The summed E-state index contributed by atoms with van der Waals surface area (Å²) in [4.78, 5) is 31.8. The van der Waals surface area contributed by atoms with Gasteiger partial charge in [-0.3, -0.25) is 18.7 Å². The third-order valence-corrected chi connectivity index (χ3v) is 8.64. The van der Waals surface area contributed by atoms with Crippen LogP contribution in [0, 0.1) is 17.8 Å². The third-order valence-electron chi connectivity index (χ3n) is 6.36. The number of ether oxygens (including phenoxy) is 2. The predicted molar refractivity (Wildman–Crippen MR) is 164 cm³/mol. The van der Waals surface area contributed by atoms with E-state index < -0.39 is 0 Å². The summed E-state index contributed by atoms with van der Waals surface area (Å²) in [5, 5.41) is 3.25. The first-order chi connectivity index (χ1) is 19.3. The number of hydrogen-bond acceptors (Lipinski definition) is 8. The van der Waals surface area contributed by atoms with Gasteiger partial charge in [-0.25, -0.2) is 4.98 Å². The summed E-state index contributed by atoms with van der Waals surface area (Å²) in [6.45, 7) is 4.08. The van der Waals surface area contributed by atoms with Crippen molar-refractivity contribution < 1.29 is 14.3 Å². The first-order valence-electron chi connectivity index (χ1n) is 12.3. The number of carbonyl (C=O) groups excluding carboxylic acids is 1. The molecule has 0 aliphatic rings. The Morgan fingerprint density at radius 3 is 2.45 bits per heavy atom. The normalized spacial score (nSPS) is 11.0. The van der Waals surface area contributed by atoms with Gasteiger partial charge in [0.25, 0.3) is 5.56 Å². The predicted octanol–water partition coefficient (Wildman–Crippen LogP) is 6.33. The standard InChI is InChI=1S/C29H26N4O4S3/c1-17-10-11-20(14-18(17)2)32-26-25(40-29(32)38)27(35)33(19-8-6-5-7-9-19)28(31-26)39-16-24(34)30-22-13-12-21(36-3)15-23(22)37-4/h5-15H,16H2,1-4H3,(H,30,34). The second-order valence-corrected chi connectivity index (χ2v) is 11.5. The Morgan fingerprint density at radius 1 is 0.975 bits per heavy atom. The first kappa shape index (κ1) is 27.6. The van der Waals surface area contributed by atoms with Gasteiger partial charge in [-0.2, -0.15) is 0 Å². The van der Waals surface area contributed by atoms with Crippen LogP contribution in [0.5, 0.6) is 11.5 Å². The van der Waals surface area contributed by atoms with E-state index in [1.54, 1.807) is 25.3 Å². The van der Waals surface area contributed by atoms with E-state index in [4.69, 9.17) is 26.7 Å². The Kier molecular flexibility index (Phi) is 8.06. The number of carbonyl (C=O) groups is 1. The molecule has 1 N–H and O–H groups in total. The third kappa shape index (κ3) is 5.40. The van der Waals surface area contributed by atoms with Crippen molar-refractivity contribution >= 4 is 57.3 Å². The second-order valence-electron chi connectivity index (χ2n) is 8.90. The van der Waals surface area contributed by atoms with E-state index in [0.717, 1.165) is 16.8 Å². The number of thiazole rings is 1. The maximum absolute atomic E-state index is 13.9. The number of fused-ring (bicyclic) bond motifs is 1. The molecule has 0 aliphatic carbocycles. The quantitative estimate of drug-likeness (QED) is 0.128. The van der Waals surface area contributed by atoms with Crippen LogP contribution < -0.4 is 20.3 Å². The lowest BCUT2D eigenvalue weighted by Crippen LogP contribution is -2.22. The van der Waals surface area contributed by atoms with Crippen LogP contribution in [0.15, 0.2) is 76.7 Å². The number of amides is 1. The largest absolute Gasteiger partial charge is 0.497 e. The van der Waals surface area contributed by atoms with Crippen LogP contribution >= 0.6 is 35.3 Å². The van der Waals surface area contributed by atoms with Crippen LogP contribution in [0.4, 0.5) is 5.69 Å². The summed E-state index contributed by atoms with van der Waals surface area (Å²) >= 11 is 8.10. The molecule has 0 unspecified atom stereocenters. The van der Waals surface area contributed by atoms with Gasteiger partial charge in [-0.05, 0) is 73.6 Å². The molecule has 0 saturated carbocycles. The van der Waals surface area contributed by atoms with Crippen LogP contribution in [0.2, 0.25) is 0 Å². The number of rotatable bonds is 8. The second kappa shape index (κ2) is 11.7. The highest BCUT2D eigenvalue weighted by Gasteiger charge is 2.20. The van der Waals surface area contributed by atoms with Crippen molar-refractivity contribution in [2.24, 2.45) is 0 Å². The molecule has 11 heteroatoms. The fourth-order valence-electron chi connectivity index (χ4n) is 4.15. The molecule has 0 atom stereocenters. The molecule has 2 aromatic heterocycles. The highest BCUT2D eigenvalue weighted by molar-refractivity contribution is 7.99. The lowest BCUT2D eigenvalue weighted by atomic mass is 10.1. The average molecular weight is 591 g/mol. The zero-order valence-electron chi connectivity index (χ0n) is 22.3. The number of para-hydroxylation sites is 1. The van der Waals surface area contributed by atoms with Gasteiger partial charge in [0.05, 0.1) is 31.3 Å². The molecule has 3 aromatic carbocycles. The van der Waals surface area contributed by atoms with Crippen molar-refractivity contribution in [2.45, 2.75) is 19.0 Å². The minimum atomic E-state index is -0.279. The van der Waals surface area contributed by atoms with Gasteiger partial charge >= 0.3 is 0 Å². The van der Waals surface area contributed by atoms with Crippen LogP contribution in [-0.2, 0) is 4.79 Å². The van der Waals surface area contributed by atoms with Crippen molar-refractivity contribution in [3.8, 4) is 22.9 Å². The summed E-state index contributed by atoms with van der Waals surface area (Å²) < 4.78 is 15.0. The van der Waals surface area contributed by atoms with Crippen molar-refractivity contribution in [3.05, 3.63) is 92.2 Å². The highest BCUT2D eigenvalue weighted by Crippen LogP contribution is 2.31. The molecule has 0 bridgehead atoms. The Morgan fingerprint density at radius 2 is 1.75 bits per heavy atom. The van der Waals surface area contributed by atoms with E-state index in [0.29, 0.717) is 42.3 Å². The minimum Gasteiger partial charge on any atom is -0.497 e. The number of thioether (sulfide) groups is 1. The van der Waals surface area contributed by atoms with Gasteiger partial charge < -0.3 is 14.8 Å². The maximum atomic E-state index is 13.9. The van der Waals surface area contributed by atoms with Gasteiger partial charge in [0.1, 0.15) is 16.2 Å². The molecule has 0 radical (unpaired) electrons. The molecule has 0 fully saturated rings. The Hall–Kier alpha value is -3.93. The highest BCUT2D eigenvalue weighted by atomic mass is 32.2. The molecular weight excluding hydrogens is 565 g/mol. The number of anilines is 1. The molecule has 0 aliphatic heterocycles. The van der Waals surface area contributed by atoms with Gasteiger partial charge in [-0.1, -0.05) is 47.4 Å². The van der Waals surface area contributed by atoms with E-state index in [1.807, 2.05) is 66.9 Å². The van der Waals surface area contributed by atoms with Crippen LogP contribution in [-0.4, -0.2) is 40.0 Å². The van der Waals surface area contributed by atoms with E-state index in [1.165, 1.54) is 34.8 Å². The zero-order valence-corrected chi connectivity index (χ0v) is 24.7. The van der Waals surface area contributed by atoms with Crippen molar-refractivity contribution in [1.82, 2.24) is 14.1 Å². The van der Waals surface area contributed by atoms with Crippen LogP contribution in [0.1, 0.15) is 11.1 Å².